The lowest BCUT2D eigenvalue weighted by molar-refractivity contribution is 0.184. The summed E-state index contributed by atoms with van der Waals surface area (Å²) >= 11 is 3.33. The number of piperidine rings is 1. The molecule has 26 heavy (non-hydrogen) atoms. The van der Waals surface area contributed by atoms with Gasteiger partial charge in [0.25, 0.3) is 0 Å². The minimum Gasteiger partial charge on any atom is -0.396 e. The van der Waals surface area contributed by atoms with Crippen LogP contribution < -0.4 is 15.4 Å². The van der Waals surface area contributed by atoms with Gasteiger partial charge in [-0.25, -0.2) is 18.2 Å². The van der Waals surface area contributed by atoms with Gasteiger partial charge in [-0.1, -0.05) is 28.1 Å². The Morgan fingerprint density at radius 1 is 1.38 bits per heavy atom. The van der Waals surface area contributed by atoms with Crippen LogP contribution in [0.15, 0.2) is 28.7 Å². The molecule has 142 valence electrons. The highest BCUT2D eigenvalue weighted by atomic mass is 79.9. The van der Waals surface area contributed by atoms with Crippen LogP contribution >= 0.6 is 15.9 Å². The molecule has 0 spiro atoms. The van der Waals surface area contributed by atoms with Crippen molar-refractivity contribution in [3.63, 3.8) is 0 Å². The molecule has 1 aromatic heterocycles. The third-order valence-electron chi connectivity index (χ3n) is 4.36. The number of aromatic nitrogens is 3. The van der Waals surface area contributed by atoms with Crippen molar-refractivity contribution in [2.45, 2.75) is 18.2 Å². The molecule has 1 fully saturated rings. The lowest BCUT2D eigenvalue weighted by atomic mass is 9.94. The first kappa shape index (κ1) is 19.1. The van der Waals surface area contributed by atoms with Gasteiger partial charge in [-0.05, 0) is 24.1 Å². The second kappa shape index (κ2) is 7.91. The molecular formula is C15H21BrN6O3S. The number of H-pyrrole nitrogens is 1. The zero-order chi connectivity index (χ0) is 18.7. The van der Waals surface area contributed by atoms with Gasteiger partial charge in [-0.15, -0.1) is 5.10 Å². The van der Waals surface area contributed by atoms with Crippen LogP contribution in [0.5, 0.6) is 0 Å². The molecule has 2 unspecified atom stereocenters. The first-order valence-electron chi connectivity index (χ1n) is 8.14. The normalized spacial score (nSPS) is 21.1. The molecule has 0 aliphatic carbocycles. The molecule has 1 aliphatic heterocycles. The van der Waals surface area contributed by atoms with Crippen LogP contribution in [-0.4, -0.2) is 54.4 Å². The summed E-state index contributed by atoms with van der Waals surface area (Å²) in [6.07, 6.45) is 0.547. The Kier molecular flexibility index (Phi) is 5.80. The fraction of sp³-hybridized carbons (Fsp3) is 0.467. The highest BCUT2D eigenvalue weighted by molar-refractivity contribution is 9.10. The summed E-state index contributed by atoms with van der Waals surface area (Å²) in [5, 5.41) is 16.2. The van der Waals surface area contributed by atoms with Crippen molar-refractivity contribution in [2.24, 2.45) is 5.92 Å². The average Bonchev–Trinajstić information content (AvgIpc) is 3.03. The van der Waals surface area contributed by atoms with E-state index in [2.05, 4.69) is 35.8 Å². The van der Waals surface area contributed by atoms with E-state index in [-0.39, 0.29) is 30.3 Å². The molecule has 2 atom stereocenters. The SMILES string of the molecule is Nc1n[nH]c(N2CCC(NS(=O)(=O)Cc3ccc(Br)cc3)C(CO)C2)n1. The van der Waals surface area contributed by atoms with E-state index in [1.54, 1.807) is 12.1 Å². The molecule has 2 aromatic rings. The standard InChI is InChI=1S/C15H21BrN6O3S/c16-12-3-1-10(2-4-12)9-26(24,25)21-13-5-6-22(7-11(13)8-23)15-18-14(17)19-20-15/h1-4,11,13,21,23H,5-9H2,(H3,17,18,19,20). The number of halogens is 1. The van der Waals surface area contributed by atoms with Crippen LogP contribution in [0.2, 0.25) is 0 Å². The molecule has 9 nitrogen and oxygen atoms in total. The van der Waals surface area contributed by atoms with Gasteiger partial charge >= 0.3 is 0 Å². The van der Waals surface area contributed by atoms with Crippen LogP contribution in [0.25, 0.3) is 0 Å². The number of nitrogens with two attached hydrogens (primary N) is 1. The first-order chi connectivity index (χ1) is 12.4. The number of nitrogens with one attached hydrogen (secondary N) is 2. The number of nitrogens with zero attached hydrogens (tertiary/aromatic N) is 3. The minimum atomic E-state index is -3.52. The Morgan fingerprint density at radius 3 is 2.73 bits per heavy atom. The van der Waals surface area contributed by atoms with E-state index in [0.29, 0.717) is 31.0 Å². The molecule has 5 N–H and O–H groups in total. The van der Waals surface area contributed by atoms with Gasteiger partial charge in [-0.3, -0.25) is 0 Å². The summed E-state index contributed by atoms with van der Waals surface area (Å²) in [6.45, 7) is 0.902. The molecule has 1 aromatic carbocycles. The lowest BCUT2D eigenvalue weighted by Crippen LogP contribution is -2.52. The molecule has 1 saturated heterocycles. The summed E-state index contributed by atoms with van der Waals surface area (Å²) < 4.78 is 28.6. The molecule has 3 rings (SSSR count). The molecule has 0 bridgehead atoms. The number of nitrogen functional groups attached to an aromatic ring is 1. The van der Waals surface area contributed by atoms with Crippen molar-refractivity contribution in [3.05, 3.63) is 34.3 Å². The van der Waals surface area contributed by atoms with Gasteiger partial charge in [0.05, 0.1) is 5.75 Å². The van der Waals surface area contributed by atoms with Gasteiger partial charge in [0.2, 0.25) is 21.9 Å². The number of sulfonamides is 1. The molecule has 11 heteroatoms. The van der Waals surface area contributed by atoms with E-state index in [0.717, 1.165) is 4.47 Å². The van der Waals surface area contributed by atoms with Crippen molar-refractivity contribution < 1.29 is 13.5 Å². The number of aliphatic hydroxyl groups is 1. The summed E-state index contributed by atoms with van der Waals surface area (Å²) in [4.78, 5) is 5.99. The smallest absolute Gasteiger partial charge is 0.241 e. The monoisotopic (exact) mass is 444 g/mol. The Balaban J connectivity index is 1.64. The van der Waals surface area contributed by atoms with E-state index in [1.165, 1.54) is 0 Å². The lowest BCUT2D eigenvalue weighted by Gasteiger charge is -2.37. The van der Waals surface area contributed by atoms with E-state index in [1.807, 2.05) is 17.0 Å². The third-order valence-corrected chi connectivity index (χ3v) is 6.26. The maximum atomic E-state index is 12.5. The minimum absolute atomic E-state index is 0.0999. The molecule has 0 saturated carbocycles. The second-order valence-corrected chi connectivity index (χ2v) is 8.97. The Morgan fingerprint density at radius 2 is 2.12 bits per heavy atom. The van der Waals surface area contributed by atoms with E-state index >= 15 is 0 Å². The first-order valence-corrected chi connectivity index (χ1v) is 10.6. The third kappa shape index (κ3) is 4.72. The van der Waals surface area contributed by atoms with Crippen LogP contribution in [-0.2, 0) is 15.8 Å². The number of rotatable bonds is 6. The maximum Gasteiger partial charge on any atom is 0.241 e. The van der Waals surface area contributed by atoms with Crippen molar-refractivity contribution >= 4 is 37.8 Å². The summed E-state index contributed by atoms with van der Waals surface area (Å²) in [6, 6.07) is 6.82. The quantitative estimate of drug-likeness (QED) is 0.507. The number of aromatic amines is 1. The van der Waals surface area contributed by atoms with Crippen molar-refractivity contribution in [1.29, 1.82) is 0 Å². The van der Waals surface area contributed by atoms with Gasteiger partial charge < -0.3 is 15.7 Å². The predicted molar refractivity (Wildman–Crippen MR) is 102 cm³/mol. The van der Waals surface area contributed by atoms with Gasteiger partial charge in [-0.2, -0.15) is 4.98 Å². The summed E-state index contributed by atoms with van der Waals surface area (Å²) in [5.41, 5.74) is 6.23. The molecule has 0 radical (unpaired) electrons. The fourth-order valence-corrected chi connectivity index (χ4v) is 4.79. The number of benzene rings is 1. The zero-order valence-corrected chi connectivity index (χ0v) is 16.4. The van der Waals surface area contributed by atoms with Crippen LogP contribution in [0.3, 0.4) is 0 Å². The molecule has 2 heterocycles. The van der Waals surface area contributed by atoms with E-state index in [9.17, 15) is 13.5 Å². The van der Waals surface area contributed by atoms with E-state index in [4.69, 9.17) is 5.73 Å². The number of aliphatic hydroxyl groups excluding tert-OH is 1. The number of hydrogen-bond acceptors (Lipinski definition) is 7. The van der Waals surface area contributed by atoms with Crippen LogP contribution in [0.4, 0.5) is 11.9 Å². The van der Waals surface area contributed by atoms with Crippen LogP contribution in [0, 0.1) is 5.92 Å². The maximum absolute atomic E-state index is 12.5. The van der Waals surface area contributed by atoms with E-state index < -0.39 is 10.0 Å². The zero-order valence-electron chi connectivity index (χ0n) is 14.0. The van der Waals surface area contributed by atoms with Gasteiger partial charge in [0.1, 0.15) is 0 Å². The summed E-state index contributed by atoms with van der Waals surface area (Å²) in [7, 11) is -3.52. The van der Waals surface area contributed by atoms with Crippen molar-refractivity contribution in [3.8, 4) is 0 Å². The van der Waals surface area contributed by atoms with Gasteiger partial charge in [0.15, 0.2) is 0 Å². The highest BCUT2D eigenvalue weighted by Crippen LogP contribution is 2.22. The molecular weight excluding hydrogens is 424 g/mol. The predicted octanol–water partition coefficient (Wildman–Crippen LogP) is 0.456. The van der Waals surface area contributed by atoms with Gasteiger partial charge in [0, 0.05) is 36.1 Å². The molecule has 1 aliphatic rings. The highest BCUT2D eigenvalue weighted by Gasteiger charge is 2.32. The van der Waals surface area contributed by atoms with Crippen LogP contribution in [0.1, 0.15) is 12.0 Å². The Labute approximate surface area is 160 Å². The largest absolute Gasteiger partial charge is 0.396 e. The van der Waals surface area contributed by atoms with Crippen molar-refractivity contribution in [1.82, 2.24) is 19.9 Å². The Bertz CT molecular complexity index is 841. The second-order valence-electron chi connectivity index (χ2n) is 6.30. The van der Waals surface area contributed by atoms with Crippen molar-refractivity contribution in [2.75, 3.05) is 30.3 Å². The number of hydrogen-bond donors (Lipinski definition) is 4. The average molecular weight is 445 g/mol. The topological polar surface area (TPSA) is 137 Å². The molecule has 0 amide bonds. The Hall–Kier alpha value is -1.69. The fourth-order valence-electron chi connectivity index (χ4n) is 3.04. The summed E-state index contributed by atoms with van der Waals surface area (Å²) in [5.74, 6) is 0.321. The number of anilines is 2.